The van der Waals surface area contributed by atoms with Crippen LogP contribution >= 0.6 is 27.5 Å². The molecule has 0 aromatic heterocycles. The molecule has 1 aliphatic rings. The van der Waals surface area contributed by atoms with Crippen LogP contribution < -0.4 is 0 Å². The molecule has 17 heavy (non-hydrogen) atoms. The average Bonchev–Trinajstić information content (AvgIpc) is 3.00. The lowest BCUT2D eigenvalue weighted by molar-refractivity contribution is 0.0599. The smallest absolute Gasteiger partial charge is 0.338 e. The minimum Gasteiger partial charge on any atom is -0.465 e. The van der Waals surface area contributed by atoms with Crippen LogP contribution in [0.5, 0.6) is 0 Å². The van der Waals surface area contributed by atoms with Crippen molar-refractivity contribution in [3.05, 3.63) is 45.2 Å². The van der Waals surface area contributed by atoms with E-state index in [0.717, 1.165) is 4.47 Å². The number of methoxy groups -OCH3 is 1. The first-order chi connectivity index (χ1) is 8.05. The second-order valence-electron chi connectivity index (χ2n) is 3.89. The van der Waals surface area contributed by atoms with Gasteiger partial charge in [-0.3, -0.25) is 0 Å². The molecule has 0 aliphatic heterocycles. The predicted octanol–water partition coefficient (Wildman–Crippen LogP) is 3.36. The molecule has 2 atom stereocenters. The van der Waals surface area contributed by atoms with Gasteiger partial charge in [-0.1, -0.05) is 15.9 Å². The van der Waals surface area contributed by atoms with Crippen molar-refractivity contribution in [2.45, 2.75) is 17.3 Å². The zero-order valence-corrected chi connectivity index (χ0v) is 11.4. The van der Waals surface area contributed by atoms with Gasteiger partial charge in [0.05, 0.1) is 24.7 Å². The van der Waals surface area contributed by atoms with Crippen LogP contribution in [-0.2, 0) is 10.3 Å². The summed E-state index contributed by atoms with van der Waals surface area (Å²) in [7, 11) is 1.32. The van der Waals surface area contributed by atoms with E-state index in [1.165, 1.54) is 7.11 Å². The van der Waals surface area contributed by atoms with Crippen LogP contribution in [0.3, 0.4) is 0 Å². The molecule has 1 saturated carbocycles. The number of nitrogens with zero attached hydrogens (tertiary/aromatic N) is 1. The standard InChI is InChI=1S/C12H9BrClNO2/c1-15-12(6-10(12)14)9-5-7(13)3-4-8(9)11(16)17-2/h3-5,10H,6H2,2H3. The molecule has 0 spiro atoms. The van der Waals surface area contributed by atoms with Gasteiger partial charge in [-0.25, -0.2) is 11.4 Å². The Bertz CT molecular complexity index is 526. The van der Waals surface area contributed by atoms with E-state index in [-0.39, 0.29) is 5.38 Å². The molecular weight excluding hydrogens is 305 g/mol. The zero-order valence-electron chi connectivity index (χ0n) is 9.04. The van der Waals surface area contributed by atoms with E-state index in [0.29, 0.717) is 17.5 Å². The van der Waals surface area contributed by atoms with Gasteiger partial charge in [-0.05, 0) is 18.2 Å². The van der Waals surface area contributed by atoms with Gasteiger partial charge in [0, 0.05) is 4.47 Å². The highest BCUT2D eigenvalue weighted by atomic mass is 79.9. The van der Waals surface area contributed by atoms with Crippen LogP contribution in [0.4, 0.5) is 0 Å². The number of hydrogen-bond donors (Lipinski definition) is 0. The number of ether oxygens (including phenoxy) is 1. The van der Waals surface area contributed by atoms with Crippen LogP contribution in [-0.4, -0.2) is 18.5 Å². The number of rotatable bonds is 2. The van der Waals surface area contributed by atoms with Crippen molar-refractivity contribution in [1.29, 1.82) is 0 Å². The first kappa shape index (κ1) is 12.4. The maximum absolute atomic E-state index is 11.7. The maximum Gasteiger partial charge on any atom is 0.338 e. The second kappa shape index (κ2) is 4.32. The summed E-state index contributed by atoms with van der Waals surface area (Å²) in [5, 5.41) is -0.238. The van der Waals surface area contributed by atoms with Crippen molar-refractivity contribution in [2.75, 3.05) is 7.11 Å². The van der Waals surface area contributed by atoms with Crippen molar-refractivity contribution in [3.63, 3.8) is 0 Å². The highest BCUT2D eigenvalue weighted by molar-refractivity contribution is 9.10. The van der Waals surface area contributed by atoms with Crippen LogP contribution in [0, 0.1) is 6.57 Å². The monoisotopic (exact) mass is 313 g/mol. The summed E-state index contributed by atoms with van der Waals surface area (Å²) in [6, 6.07) is 5.17. The van der Waals surface area contributed by atoms with Crippen molar-refractivity contribution in [1.82, 2.24) is 0 Å². The first-order valence-corrected chi connectivity index (χ1v) is 6.19. The van der Waals surface area contributed by atoms with E-state index in [2.05, 4.69) is 20.8 Å². The van der Waals surface area contributed by atoms with Crippen molar-refractivity contribution < 1.29 is 9.53 Å². The van der Waals surface area contributed by atoms with Gasteiger partial charge in [0.1, 0.15) is 5.38 Å². The first-order valence-electron chi connectivity index (χ1n) is 4.96. The Morgan fingerprint density at radius 3 is 2.82 bits per heavy atom. The van der Waals surface area contributed by atoms with Gasteiger partial charge in [0.25, 0.3) is 5.54 Å². The summed E-state index contributed by atoms with van der Waals surface area (Å²) in [5.74, 6) is -0.439. The molecule has 2 rings (SSSR count). The van der Waals surface area contributed by atoms with Crippen molar-refractivity contribution in [3.8, 4) is 0 Å². The third-order valence-corrected chi connectivity index (χ3v) is 3.91. The minimum absolute atomic E-state index is 0.238. The lowest BCUT2D eigenvalue weighted by atomic mass is 9.99. The fourth-order valence-electron chi connectivity index (χ4n) is 1.83. The van der Waals surface area contributed by atoms with Crippen LogP contribution in [0.25, 0.3) is 4.85 Å². The summed E-state index contributed by atoms with van der Waals surface area (Å²) >= 11 is 9.37. The molecule has 1 aromatic carbocycles. The van der Waals surface area contributed by atoms with E-state index in [1.807, 2.05) is 0 Å². The summed E-state index contributed by atoms with van der Waals surface area (Å²) in [5.41, 5.74) is 0.290. The van der Waals surface area contributed by atoms with Gasteiger partial charge < -0.3 is 9.58 Å². The molecule has 1 aromatic rings. The van der Waals surface area contributed by atoms with E-state index in [1.54, 1.807) is 18.2 Å². The van der Waals surface area contributed by atoms with E-state index in [9.17, 15) is 4.79 Å². The lowest BCUT2D eigenvalue weighted by Crippen LogP contribution is -2.13. The summed E-state index contributed by atoms with van der Waals surface area (Å²) in [6.07, 6.45) is 0.568. The third kappa shape index (κ3) is 1.94. The Labute approximate surface area is 113 Å². The largest absolute Gasteiger partial charge is 0.465 e. The Morgan fingerprint density at radius 1 is 1.71 bits per heavy atom. The quantitative estimate of drug-likeness (QED) is 0.476. The molecule has 2 unspecified atom stereocenters. The molecule has 3 nitrogen and oxygen atoms in total. The third-order valence-electron chi connectivity index (χ3n) is 2.90. The summed E-state index contributed by atoms with van der Waals surface area (Å²) < 4.78 is 5.54. The molecule has 0 radical (unpaired) electrons. The van der Waals surface area contributed by atoms with Gasteiger partial charge in [0.15, 0.2) is 0 Å². The molecule has 5 heteroatoms. The highest BCUT2D eigenvalue weighted by Crippen LogP contribution is 2.54. The number of benzene rings is 1. The predicted molar refractivity (Wildman–Crippen MR) is 68.0 cm³/mol. The normalized spacial score (nSPS) is 26.1. The Balaban J connectivity index is 2.57. The molecule has 1 fully saturated rings. The topological polar surface area (TPSA) is 30.7 Å². The molecule has 0 N–H and O–H groups in total. The number of halogens is 2. The fourth-order valence-corrected chi connectivity index (χ4v) is 2.59. The van der Waals surface area contributed by atoms with Gasteiger partial charge in [-0.15, -0.1) is 11.6 Å². The maximum atomic E-state index is 11.7. The van der Waals surface area contributed by atoms with Gasteiger partial charge in [-0.2, -0.15) is 0 Å². The Kier molecular flexibility index (Phi) is 3.15. The number of carbonyl (C=O) groups excluding carboxylic acids is 1. The van der Waals surface area contributed by atoms with Gasteiger partial charge >= 0.3 is 5.97 Å². The number of esters is 1. The Morgan fingerprint density at radius 2 is 2.35 bits per heavy atom. The molecule has 1 aliphatic carbocycles. The van der Waals surface area contributed by atoms with Crippen LogP contribution in [0.1, 0.15) is 22.3 Å². The van der Waals surface area contributed by atoms with Gasteiger partial charge in [0.2, 0.25) is 0 Å². The van der Waals surface area contributed by atoms with E-state index >= 15 is 0 Å². The van der Waals surface area contributed by atoms with Crippen LogP contribution in [0.15, 0.2) is 22.7 Å². The molecule has 0 amide bonds. The molecule has 0 heterocycles. The zero-order chi connectivity index (χ0) is 12.6. The molecule has 0 bridgehead atoms. The SMILES string of the molecule is [C-]#[N+]C1(c2cc(Br)ccc2C(=O)OC)CC1Cl. The average molecular weight is 315 g/mol. The highest BCUT2D eigenvalue weighted by Gasteiger charge is 2.64. The lowest BCUT2D eigenvalue weighted by Gasteiger charge is -2.09. The van der Waals surface area contributed by atoms with Crippen molar-refractivity contribution in [2.24, 2.45) is 0 Å². The number of alkyl halides is 1. The second-order valence-corrected chi connectivity index (χ2v) is 5.33. The number of hydrogen-bond acceptors (Lipinski definition) is 2. The molecule has 0 saturated heterocycles. The van der Waals surface area contributed by atoms with E-state index < -0.39 is 11.5 Å². The van der Waals surface area contributed by atoms with Crippen molar-refractivity contribution >= 4 is 33.5 Å². The summed E-state index contributed by atoms with van der Waals surface area (Å²) in [6.45, 7) is 7.27. The summed E-state index contributed by atoms with van der Waals surface area (Å²) in [4.78, 5) is 15.2. The molecule has 88 valence electrons. The fraction of sp³-hybridized carbons (Fsp3) is 0.333. The molecular formula is C12H9BrClNO2. The number of carbonyl (C=O) groups is 1. The Hall–Kier alpha value is -1.05. The minimum atomic E-state index is -0.769. The van der Waals surface area contributed by atoms with Crippen LogP contribution in [0.2, 0.25) is 0 Å². The van der Waals surface area contributed by atoms with E-state index in [4.69, 9.17) is 22.9 Å².